The number of aromatic amines is 1. The molecule has 1 heterocycles. The smallest absolute Gasteiger partial charge is 0.277 e. The summed E-state index contributed by atoms with van der Waals surface area (Å²) < 4.78 is 30.7. The molecule has 0 fully saturated rings. The lowest BCUT2D eigenvalue weighted by atomic mass is 9.99. The van der Waals surface area contributed by atoms with E-state index in [1.807, 2.05) is 6.26 Å². The predicted octanol–water partition coefficient (Wildman–Crippen LogP) is 1.27. The minimum Gasteiger partial charge on any atom is -0.383 e. The molecule has 0 atom stereocenters. The molecule has 0 bridgehead atoms. The number of methoxy groups -OCH3 is 1. The van der Waals surface area contributed by atoms with Gasteiger partial charge in [0, 0.05) is 44.5 Å². The number of rotatable bonds is 9. The van der Waals surface area contributed by atoms with Gasteiger partial charge in [0.1, 0.15) is 5.56 Å². The van der Waals surface area contributed by atoms with Crippen molar-refractivity contribution in [1.29, 1.82) is 0 Å². The van der Waals surface area contributed by atoms with E-state index in [9.17, 15) is 18.0 Å². The summed E-state index contributed by atoms with van der Waals surface area (Å²) >= 11 is 1.45. The molecule has 1 aromatic heterocycles. The van der Waals surface area contributed by atoms with Crippen molar-refractivity contribution in [2.24, 2.45) is 7.05 Å². The summed E-state index contributed by atoms with van der Waals surface area (Å²) in [5.41, 5.74) is 0.802. The number of nitrogens with one attached hydrogen (secondary N) is 2. The number of hydrogen-bond donors (Lipinski definition) is 2. The maximum absolute atomic E-state index is 13.0. The quantitative estimate of drug-likeness (QED) is 0.470. The zero-order valence-electron chi connectivity index (χ0n) is 15.7. The SMILES string of the molecule is COCCNc1c(S(C)(=O)=O)ccc(C(=O)c2c[nH]n(C)c2=O)c1CSC. The highest BCUT2D eigenvalue weighted by Gasteiger charge is 2.25. The average Bonchev–Trinajstić information content (AvgIpc) is 2.94. The number of aryl methyl sites for hydroxylation is 1. The molecule has 2 rings (SSSR count). The van der Waals surface area contributed by atoms with Gasteiger partial charge in [-0.1, -0.05) is 0 Å². The molecule has 0 radical (unpaired) electrons. The van der Waals surface area contributed by atoms with E-state index in [1.165, 1.54) is 41.8 Å². The fourth-order valence-electron chi connectivity index (χ4n) is 2.68. The van der Waals surface area contributed by atoms with Crippen LogP contribution < -0.4 is 10.9 Å². The van der Waals surface area contributed by atoms with Crippen molar-refractivity contribution in [1.82, 2.24) is 9.78 Å². The van der Waals surface area contributed by atoms with E-state index < -0.39 is 21.2 Å². The molecule has 10 heteroatoms. The van der Waals surface area contributed by atoms with Gasteiger partial charge in [-0.2, -0.15) is 11.8 Å². The Balaban J connectivity index is 2.67. The first kappa shape index (κ1) is 21.3. The van der Waals surface area contributed by atoms with Gasteiger partial charge >= 0.3 is 0 Å². The van der Waals surface area contributed by atoms with E-state index in [2.05, 4.69) is 10.4 Å². The first-order valence-corrected chi connectivity index (χ1v) is 11.4. The van der Waals surface area contributed by atoms with E-state index in [4.69, 9.17) is 4.74 Å². The summed E-state index contributed by atoms with van der Waals surface area (Å²) in [5.74, 6) is -0.0412. The highest BCUT2D eigenvalue weighted by molar-refractivity contribution is 7.97. The van der Waals surface area contributed by atoms with Crippen LogP contribution in [0.4, 0.5) is 5.69 Å². The third kappa shape index (κ3) is 4.63. The maximum Gasteiger partial charge on any atom is 0.277 e. The number of carbonyl (C=O) groups excluding carboxylic acids is 1. The second kappa shape index (κ2) is 8.77. The van der Waals surface area contributed by atoms with Crippen LogP contribution in [-0.4, -0.2) is 56.8 Å². The molecular formula is C17H23N3O5S2. The Morgan fingerprint density at radius 3 is 2.56 bits per heavy atom. The van der Waals surface area contributed by atoms with Crippen LogP contribution in [0.25, 0.3) is 0 Å². The second-order valence-electron chi connectivity index (χ2n) is 5.97. The van der Waals surface area contributed by atoms with Gasteiger partial charge in [0.05, 0.1) is 17.2 Å². The molecular weight excluding hydrogens is 390 g/mol. The summed E-state index contributed by atoms with van der Waals surface area (Å²) in [6.07, 6.45) is 4.34. The zero-order valence-corrected chi connectivity index (χ0v) is 17.3. The number of thioether (sulfide) groups is 1. The van der Waals surface area contributed by atoms with E-state index in [-0.39, 0.29) is 10.5 Å². The molecule has 0 unspecified atom stereocenters. The molecule has 1 aromatic carbocycles. The largest absolute Gasteiger partial charge is 0.383 e. The van der Waals surface area contributed by atoms with E-state index in [0.29, 0.717) is 35.7 Å². The molecule has 148 valence electrons. The Bertz CT molecular complexity index is 992. The average molecular weight is 414 g/mol. The summed E-state index contributed by atoms with van der Waals surface area (Å²) in [7, 11) is -0.453. The number of sulfone groups is 1. The summed E-state index contributed by atoms with van der Waals surface area (Å²) in [5, 5.41) is 5.76. The van der Waals surface area contributed by atoms with E-state index in [1.54, 1.807) is 7.11 Å². The molecule has 2 N–H and O–H groups in total. The van der Waals surface area contributed by atoms with Gasteiger partial charge in [-0.3, -0.25) is 14.3 Å². The van der Waals surface area contributed by atoms with Crippen molar-refractivity contribution in [3.63, 3.8) is 0 Å². The van der Waals surface area contributed by atoms with Crippen molar-refractivity contribution >= 4 is 33.1 Å². The zero-order chi connectivity index (χ0) is 20.2. The molecule has 2 aromatic rings. The number of hydrogen-bond acceptors (Lipinski definition) is 7. The van der Waals surface area contributed by atoms with Gasteiger partial charge in [0.2, 0.25) is 5.78 Å². The number of ketones is 1. The van der Waals surface area contributed by atoms with Gasteiger partial charge in [-0.15, -0.1) is 0 Å². The van der Waals surface area contributed by atoms with Crippen molar-refractivity contribution in [3.8, 4) is 0 Å². The van der Waals surface area contributed by atoms with Gasteiger partial charge in [0.25, 0.3) is 5.56 Å². The molecule has 0 aliphatic rings. The van der Waals surface area contributed by atoms with Crippen LogP contribution in [0.3, 0.4) is 0 Å². The van der Waals surface area contributed by atoms with Crippen molar-refractivity contribution < 1.29 is 17.9 Å². The predicted molar refractivity (Wildman–Crippen MR) is 107 cm³/mol. The number of aromatic nitrogens is 2. The van der Waals surface area contributed by atoms with Crippen LogP contribution >= 0.6 is 11.8 Å². The van der Waals surface area contributed by atoms with Crippen molar-refractivity contribution in [2.45, 2.75) is 10.6 Å². The monoisotopic (exact) mass is 413 g/mol. The highest BCUT2D eigenvalue weighted by atomic mass is 32.2. The van der Waals surface area contributed by atoms with Crippen LogP contribution in [-0.2, 0) is 27.4 Å². The van der Waals surface area contributed by atoms with Crippen LogP contribution in [0.15, 0.2) is 28.0 Å². The number of benzene rings is 1. The van der Waals surface area contributed by atoms with Crippen LogP contribution in [0, 0.1) is 0 Å². The first-order valence-electron chi connectivity index (χ1n) is 8.09. The molecule has 0 aliphatic carbocycles. The second-order valence-corrected chi connectivity index (χ2v) is 8.82. The molecule has 0 spiro atoms. The lowest BCUT2D eigenvalue weighted by molar-refractivity contribution is 0.103. The minimum atomic E-state index is -3.52. The number of ether oxygens (including phenoxy) is 1. The Kier molecular flexibility index (Phi) is 6.90. The van der Waals surface area contributed by atoms with Crippen molar-refractivity contribution in [2.75, 3.05) is 38.1 Å². The molecule has 0 aliphatic heterocycles. The number of nitrogens with zero attached hydrogens (tertiary/aromatic N) is 1. The Hall–Kier alpha value is -2.04. The van der Waals surface area contributed by atoms with Gasteiger partial charge in [-0.05, 0) is 24.0 Å². The fraction of sp³-hybridized carbons (Fsp3) is 0.412. The summed E-state index contributed by atoms with van der Waals surface area (Å²) in [6.45, 7) is 0.752. The van der Waals surface area contributed by atoms with Crippen molar-refractivity contribution in [3.05, 3.63) is 45.4 Å². The molecule has 0 saturated heterocycles. The molecule has 0 amide bonds. The highest BCUT2D eigenvalue weighted by Crippen LogP contribution is 2.32. The molecule has 0 saturated carbocycles. The number of H-pyrrole nitrogens is 1. The Morgan fingerprint density at radius 2 is 2.04 bits per heavy atom. The van der Waals surface area contributed by atoms with E-state index >= 15 is 0 Å². The van der Waals surface area contributed by atoms with Gasteiger partial charge in [0.15, 0.2) is 9.84 Å². The van der Waals surface area contributed by atoms with Crippen LogP contribution in [0.5, 0.6) is 0 Å². The lowest BCUT2D eigenvalue weighted by Crippen LogP contribution is -2.21. The number of carbonyl (C=O) groups is 1. The third-order valence-corrected chi connectivity index (χ3v) is 5.71. The number of anilines is 1. The fourth-order valence-corrected chi connectivity index (χ4v) is 4.15. The minimum absolute atomic E-state index is 0.00907. The standard InChI is InChI=1S/C17H23N3O5S2/c1-20-17(22)12(9-19-20)16(21)11-5-6-14(27(4,23)24)15(13(11)10-26-3)18-7-8-25-2/h5-6,9,18-19H,7-8,10H2,1-4H3. The Labute approximate surface area is 162 Å². The maximum atomic E-state index is 13.0. The van der Waals surface area contributed by atoms with Crippen LogP contribution in [0.1, 0.15) is 21.5 Å². The van der Waals surface area contributed by atoms with E-state index in [0.717, 1.165) is 6.26 Å². The lowest BCUT2D eigenvalue weighted by Gasteiger charge is -2.18. The normalized spacial score (nSPS) is 11.6. The molecule has 8 nitrogen and oxygen atoms in total. The van der Waals surface area contributed by atoms with Gasteiger partial charge < -0.3 is 15.2 Å². The van der Waals surface area contributed by atoms with Crippen LogP contribution in [0.2, 0.25) is 0 Å². The summed E-state index contributed by atoms with van der Waals surface area (Å²) in [6, 6.07) is 2.87. The van der Waals surface area contributed by atoms with Gasteiger partial charge in [-0.25, -0.2) is 8.42 Å². The third-order valence-electron chi connectivity index (χ3n) is 4.00. The first-order chi connectivity index (χ1) is 12.7. The Morgan fingerprint density at radius 1 is 1.33 bits per heavy atom. The summed E-state index contributed by atoms with van der Waals surface area (Å²) in [4.78, 5) is 25.2. The topological polar surface area (TPSA) is 110 Å². The molecule has 27 heavy (non-hydrogen) atoms.